The molecule has 1 saturated carbocycles. The summed E-state index contributed by atoms with van der Waals surface area (Å²) in [6.45, 7) is 3.00. The molecule has 3 atom stereocenters. The highest BCUT2D eigenvalue weighted by Crippen LogP contribution is 2.58. The Labute approximate surface area is 91.0 Å². The first-order chi connectivity index (χ1) is 7.31. The molecule has 3 aliphatic carbocycles. The van der Waals surface area contributed by atoms with Gasteiger partial charge in [-0.05, 0) is 29.4 Å². The van der Waals surface area contributed by atoms with Crippen LogP contribution in [0.1, 0.15) is 30.4 Å². The average Bonchev–Trinajstić information content (AvgIpc) is 2.88. The van der Waals surface area contributed by atoms with Crippen molar-refractivity contribution in [2.45, 2.75) is 25.8 Å². The van der Waals surface area contributed by atoms with Crippen LogP contribution in [0.3, 0.4) is 0 Å². The van der Waals surface area contributed by atoms with Crippen molar-refractivity contribution in [2.75, 3.05) is 0 Å². The predicted molar refractivity (Wildman–Crippen MR) is 62.4 cm³/mol. The summed E-state index contributed by atoms with van der Waals surface area (Å²) in [6.07, 6.45) is 3.73. The third kappa shape index (κ3) is 1.19. The maximum absolute atomic E-state index is 5.60. The van der Waals surface area contributed by atoms with Gasteiger partial charge in [0.05, 0.1) is 0 Å². The largest absolute Gasteiger partial charge is 0.326 e. The first-order valence-corrected chi connectivity index (χ1v) is 5.80. The third-order valence-corrected chi connectivity index (χ3v) is 4.16. The van der Waals surface area contributed by atoms with Gasteiger partial charge in [0.15, 0.2) is 0 Å². The summed E-state index contributed by atoms with van der Waals surface area (Å²) in [7, 11) is 0. The van der Waals surface area contributed by atoms with E-state index < -0.39 is 0 Å². The number of allylic oxidation sites excluding steroid dienone is 2. The van der Waals surface area contributed by atoms with Crippen molar-refractivity contribution >= 4 is 0 Å². The van der Waals surface area contributed by atoms with Crippen LogP contribution in [0.15, 0.2) is 35.9 Å². The molecule has 0 amide bonds. The number of rotatable bonds is 2. The molecule has 15 heavy (non-hydrogen) atoms. The highest BCUT2D eigenvalue weighted by molar-refractivity contribution is 5.43. The number of benzene rings is 1. The minimum Gasteiger partial charge on any atom is -0.326 e. The second-order valence-electron chi connectivity index (χ2n) is 4.82. The number of hydrogen-bond donors (Lipinski definition) is 1. The summed E-state index contributed by atoms with van der Waals surface area (Å²) < 4.78 is 0. The van der Waals surface area contributed by atoms with E-state index >= 15 is 0 Å². The van der Waals surface area contributed by atoms with Crippen LogP contribution in [0, 0.1) is 11.8 Å². The topological polar surface area (TPSA) is 26.0 Å². The molecule has 0 aliphatic heterocycles. The summed E-state index contributed by atoms with van der Waals surface area (Å²) in [5.74, 6) is 2.44. The molecule has 0 aromatic heterocycles. The van der Waals surface area contributed by atoms with Gasteiger partial charge in [-0.1, -0.05) is 42.8 Å². The molecule has 3 unspecified atom stereocenters. The van der Waals surface area contributed by atoms with Crippen molar-refractivity contribution < 1.29 is 0 Å². The van der Waals surface area contributed by atoms with E-state index in [1.807, 2.05) is 0 Å². The van der Waals surface area contributed by atoms with Crippen LogP contribution < -0.4 is 5.73 Å². The second kappa shape index (κ2) is 3.21. The molecule has 1 fully saturated rings. The fourth-order valence-electron chi connectivity index (χ4n) is 3.17. The van der Waals surface area contributed by atoms with Crippen molar-refractivity contribution in [1.29, 1.82) is 0 Å². The van der Waals surface area contributed by atoms with Crippen LogP contribution in [0.25, 0.3) is 0 Å². The summed E-state index contributed by atoms with van der Waals surface area (Å²) in [5.41, 5.74) is 9.98. The number of hydrogen-bond acceptors (Lipinski definition) is 1. The smallest absolute Gasteiger partial charge is 0.0178 e. The molecule has 4 rings (SSSR count). The molecule has 3 aliphatic rings. The lowest BCUT2D eigenvalue weighted by atomic mass is 9.63. The Morgan fingerprint density at radius 1 is 1.27 bits per heavy atom. The first-order valence-electron chi connectivity index (χ1n) is 5.80. The lowest BCUT2D eigenvalue weighted by Crippen LogP contribution is -2.30. The van der Waals surface area contributed by atoms with Crippen LogP contribution in [0.5, 0.6) is 0 Å². The molecule has 0 spiro atoms. The molecule has 78 valence electrons. The quantitative estimate of drug-likeness (QED) is 0.728. The lowest BCUT2D eigenvalue weighted by Gasteiger charge is -2.40. The summed E-state index contributed by atoms with van der Waals surface area (Å²) in [5, 5.41) is 0. The molecule has 1 heteroatoms. The molecule has 0 radical (unpaired) electrons. The van der Waals surface area contributed by atoms with Gasteiger partial charge in [-0.25, -0.2) is 0 Å². The van der Waals surface area contributed by atoms with Crippen molar-refractivity contribution in [1.82, 2.24) is 0 Å². The van der Waals surface area contributed by atoms with E-state index in [0.717, 1.165) is 17.8 Å². The zero-order valence-corrected chi connectivity index (χ0v) is 9.11. The summed E-state index contributed by atoms with van der Waals surface area (Å²) in [6, 6.07) is 8.84. The standard InChI is InChI=1S/C14H17N/c1-9-12-6-7-13(9)14(12)11-4-2-10(8-15)3-5-11/h2-6,9,13-14H,7-8,15H2,1H3. The van der Waals surface area contributed by atoms with E-state index in [9.17, 15) is 0 Å². The Morgan fingerprint density at radius 3 is 2.47 bits per heavy atom. The minimum atomic E-state index is 0.646. The van der Waals surface area contributed by atoms with Gasteiger partial charge >= 0.3 is 0 Å². The Hall–Kier alpha value is -1.08. The third-order valence-electron chi connectivity index (χ3n) is 4.16. The number of nitrogens with two attached hydrogens (primary N) is 1. The lowest BCUT2D eigenvalue weighted by molar-refractivity contribution is 0.290. The van der Waals surface area contributed by atoms with Crippen LogP contribution in [-0.2, 0) is 6.54 Å². The number of fused-ring (bicyclic) bond motifs is 1. The van der Waals surface area contributed by atoms with Gasteiger partial charge in [0.1, 0.15) is 0 Å². The van der Waals surface area contributed by atoms with Crippen LogP contribution in [0.2, 0.25) is 0 Å². The molecular formula is C14H17N. The minimum absolute atomic E-state index is 0.646. The highest BCUT2D eigenvalue weighted by atomic mass is 14.5. The van der Waals surface area contributed by atoms with Crippen LogP contribution >= 0.6 is 0 Å². The van der Waals surface area contributed by atoms with Crippen molar-refractivity contribution in [3.8, 4) is 0 Å². The van der Waals surface area contributed by atoms with Crippen molar-refractivity contribution in [3.63, 3.8) is 0 Å². The molecule has 0 saturated heterocycles. The summed E-state index contributed by atoms with van der Waals surface area (Å²) in [4.78, 5) is 0. The normalized spacial score (nSPS) is 32.4. The maximum atomic E-state index is 5.60. The Kier molecular flexibility index (Phi) is 1.96. The fraction of sp³-hybridized carbons (Fsp3) is 0.429. The van der Waals surface area contributed by atoms with Gasteiger partial charge in [0, 0.05) is 12.5 Å². The molecule has 0 heterocycles. The van der Waals surface area contributed by atoms with E-state index in [2.05, 4.69) is 37.3 Å². The SMILES string of the molecule is CC1C2=CCC1C2c1ccc(CN)cc1. The Bertz CT molecular complexity index is 402. The van der Waals surface area contributed by atoms with Gasteiger partial charge < -0.3 is 5.73 Å². The van der Waals surface area contributed by atoms with Gasteiger partial charge in [0.25, 0.3) is 0 Å². The van der Waals surface area contributed by atoms with Gasteiger partial charge in [-0.2, -0.15) is 0 Å². The fourth-order valence-corrected chi connectivity index (χ4v) is 3.17. The van der Waals surface area contributed by atoms with E-state index in [1.54, 1.807) is 5.57 Å². The predicted octanol–water partition coefficient (Wildman–Crippen LogP) is 2.82. The van der Waals surface area contributed by atoms with Gasteiger partial charge in [0.2, 0.25) is 0 Å². The van der Waals surface area contributed by atoms with E-state index in [1.165, 1.54) is 17.5 Å². The van der Waals surface area contributed by atoms with Gasteiger partial charge in [-0.3, -0.25) is 0 Å². The molecule has 1 aromatic carbocycles. The Balaban J connectivity index is 1.87. The van der Waals surface area contributed by atoms with Crippen LogP contribution in [-0.4, -0.2) is 0 Å². The van der Waals surface area contributed by atoms with Gasteiger partial charge in [-0.15, -0.1) is 0 Å². The molecular weight excluding hydrogens is 182 g/mol. The maximum Gasteiger partial charge on any atom is 0.0178 e. The van der Waals surface area contributed by atoms with Crippen molar-refractivity contribution in [3.05, 3.63) is 47.0 Å². The zero-order chi connectivity index (χ0) is 10.4. The van der Waals surface area contributed by atoms with Crippen LogP contribution in [0.4, 0.5) is 0 Å². The average molecular weight is 199 g/mol. The monoisotopic (exact) mass is 199 g/mol. The van der Waals surface area contributed by atoms with E-state index in [-0.39, 0.29) is 0 Å². The highest BCUT2D eigenvalue weighted by Gasteiger charge is 2.46. The van der Waals surface area contributed by atoms with Crippen molar-refractivity contribution in [2.24, 2.45) is 17.6 Å². The second-order valence-corrected chi connectivity index (χ2v) is 4.82. The molecule has 2 bridgehead atoms. The first kappa shape index (κ1) is 9.17. The van der Waals surface area contributed by atoms with E-state index in [0.29, 0.717) is 6.54 Å². The molecule has 1 nitrogen and oxygen atoms in total. The zero-order valence-electron chi connectivity index (χ0n) is 9.11. The molecule has 2 N–H and O–H groups in total. The molecule has 1 aromatic rings. The Morgan fingerprint density at radius 2 is 2.00 bits per heavy atom. The van der Waals surface area contributed by atoms with E-state index in [4.69, 9.17) is 5.73 Å². The summed E-state index contributed by atoms with van der Waals surface area (Å²) >= 11 is 0.